The molecule has 3 aromatic carbocycles. The van der Waals surface area contributed by atoms with E-state index in [1.165, 1.54) is 23.7 Å². The summed E-state index contributed by atoms with van der Waals surface area (Å²) in [6.45, 7) is 0.160. The Morgan fingerprint density at radius 2 is 1.62 bits per heavy atom. The topological polar surface area (TPSA) is 149 Å². The second-order valence-corrected chi connectivity index (χ2v) is 10.2. The van der Waals surface area contributed by atoms with Crippen molar-refractivity contribution in [2.24, 2.45) is 5.73 Å². The fraction of sp³-hybridized carbons (Fsp3) is 0.267. The summed E-state index contributed by atoms with van der Waals surface area (Å²) in [6, 6.07) is 24.1. The Labute approximate surface area is 238 Å². The van der Waals surface area contributed by atoms with Gasteiger partial charge in [-0.3, -0.25) is 14.4 Å². The first-order chi connectivity index (χ1) is 19.3. The molecular weight excluding hydrogens is 526 g/mol. The molecule has 0 aliphatic heterocycles. The van der Waals surface area contributed by atoms with E-state index in [2.05, 4.69) is 16.7 Å². The van der Waals surface area contributed by atoms with Crippen LogP contribution in [-0.4, -0.2) is 60.0 Å². The molecule has 0 saturated carbocycles. The zero-order valence-corrected chi connectivity index (χ0v) is 23.1. The molecule has 10 heteroatoms. The third-order valence-corrected chi connectivity index (χ3v) is 7.23. The molecular formula is C30H33N5O4S. The van der Waals surface area contributed by atoms with Crippen LogP contribution in [0.3, 0.4) is 0 Å². The normalized spacial score (nSPS) is 12.1. The number of hydrogen-bond donors (Lipinski definition) is 4. The number of nitriles is 1. The second kappa shape index (κ2) is 15.4. The molecule has 0 spiro atoms. The zero-order valence-electron chi connectivity index (χ0n) is 22.2. The van der Waals surface area contributed by atoms with E-state index in [0.29, 0.717) is 52.4 Å². The van der Waals surface area contributed by atoms with Crippen molar-refractivity contribution in [2.45, 2.75) is 41.2 Å². The van der Waals surface area contributed by atoms with Gasteiger partial charge in [-0.15, -0.1) is 0 Å². The fourth-order valence-corrected chi connectivity index (χ4v) is 5.00. The van der Waals surface area contributed by atoms with Crippen molar-refractivity contribution in [1.29, 1.82) is 5.26 Å². The van der Waals surface area contributed by atoms with Gasteiger partial charge in [0.25, 0.3) is 11.8 Å². The number of likely N-dealkylation sites (N-methyl/N-ethyl adjacent to an activating group) is 1. The van der Waals surface area contributed by atoms with Crippen molar-refractivity contribution in [1.82, 2.24) is 10.2 Å². The van der Waals surface area contributed by atoms with E-state index < -0.39 is 24.0 Å². The van der Waals surface area contributed by atoms with Crippen molar-refractivity contribution >= 4 is 35.2 Å². The van der Waals surface area contributed by atoms with Crippen LogP contribution in [0.25, 0.3) is 0 Å². The number of benzene rings is 3. The lowest BCUT2D eigenvalue weighted by Crippen LogP contribution is -2.51. The molecule has 3 aromatic rings. The second-order valence-electron chi connectivity index (χ2n) is 9.13. The maximum Gasteiger partial charge on any atom is 0.255 e. The van der Waals surface area contributed by atoms with Gasteiger partial charge in [-0.25, -0.2) is 0 Å². The Balaban J connectivity index is 1.68. The maximum atomic E-state index is 13.3. The van der Waals surface area contributed by atoms with Crippen LogP contribution >= 0.6 is 11.8 Å². The van der Waals surface area contributed by atoms with Gasteiger partial charge in [-0.2, -0.15) is 5.26 Å². The molecule has 9 nitrogen and oxygen atoms in total. The number of unbranched alkanes of at least 4 members (excludes halogenated alkanes) is 1. The quantitative estimate of drug-likeness (QED) is 0.235. The van der Waals surface area contributed by atoms with Crippen LogP contribution in [0.5, 0.6) is 0 Å². The van der Waals surface area contributed by atoms with Gasteiger partial charge < -0.3 is 26.4 Å². The third kappa shape index (κ3) is 8.68. The Bertz CT molecular complexity index is 1350. The highest BCUT2D eigenvalue weighted by Crippen LogP contribution is 2.33. The smallest absolute Gasteiger partial charge is 0.255 e. The van der Waals surface area contributed by atoms with Crippen LogP contribution in [0.2, 0.25) is 0 Å². The summed E-state index contributed by atoms with van der Waals surface area (Å²) >= 11 is 1.30. The fourth-order valence-electron chi connectivity index (χ4n) is 3.98. The number of nitrogens with zero attached hydrogens (tertiary/aromatic N) is 2. The average Bonchev–Trinajstić information content (AvgIpc) is 2.97. The minimum atomic E-state index is -1.50. The first-order valence-electron chi connectivity index (χ1n) is 12.9. The minimum absolute atomic E-state index is 0.285. The monoisotopic (exact) mass is 559 g/mol. The predicted octanol–water partition coefficient (Wildman–Crippen LogP) is 3.39. The molecule has 3 amide bonds. The van der Waals surface area contributed by atoms with E-state index in [1.807, 2.05) is 18.2 Å². The van der Waals surface area contributed by atoms with Crippen LogP contribution in [0.15, 0.2) is 88.7 Å². The highest BCUT2D eigenvalue weighted by atomic mass is 32.2. The SMILES string of the molecule is CN(CC(=O)NC(CCCCN)C(O)C(=O)Nc1ccccc1)C(=O)c1ccccc1Sc1ccccc1C#N. The number of carbonyl (C=O) groups excluding carboxylic acids is 3. The summed E-state index contributed by atoms with van der Waals surface area (Å²) in [6.07, 6.45) is 0.101. The van der Waals surface area contributed by atoms with Crippen molar-refractivity contribution < 1.29 is 19.5 Å². The number of anilines is 1. The molecule has 208 valence electrons. The lowest BCUT2D eigenvalue weighted by molar-refractivity contribution is -0.128. The van der Waals surface area contributed by atoms with Gasteiger partial charge in [0, 0.05) is 22.5 Å². The number of aliphatic hydroxyl groups is 1. The number of hydrogen-bond acceptors (Lipinski definition) is 7. The Morgan fingerprint density at radius 1 is 0.975 bits per heavy atom. The summed E-state index contributed by atoms with van der Waals surface area (Å²) in [4.78, 5) is 41.6. The molecule has 0 radical (unpaired) electrons. The average molecular weight is 560 g/mol. The number of carbonyl (C=O) groups is 3. The molecule has 0 saturated heterocycles. The van der Waals surface area contributed by atoms with E-state index in [1.54, 1.807) is 60.7 Å². The summed E-state index contributed by atoms with van der Waals surface area (Å²) in [5, 5.41) is 25.6. The van der Waals surface area contributed by atoms with Crippen LogP contribution < -0.4 is 16.4 Å². The maximum absolute atomic E-state index is 13.3. The van der Waals surface area contributed by atoms with Crippen LogP contribution in [0, 0.1) is 11.3 Å². The zero-order chi connectivity index (χ0) is 28.9. The van der Waals surface area contributed by atoms with Gasteiger partial charge in [-0.05, 0) is 55.8 Å². The van der Waals surface area contributed by atoms with Crippen molar-refractivity contribution in [3.05, 3.63) is 90.0 Å². The van der Waals surface area contributed by atoms with Gasteiger partial charge >= 0.3 is 0 Å². The predicted molar refractivity (Wildman–Crippen MR) is 155 cm³/mol. The summed E-state index contributed by atoms with van der Waals surface area (Å²) in [5.74, 6) is -1.54. The number of nitrogens with two attached hydrogens (primary N) is 1. The number of aliphatic hydroxyl groups excluding tert-OH is 1. The minimum Gasteiger partial charge on any atom is -0.381 e. The molecule has 0 aliphatic carbocycles. The number of para-hydroxylation sites is 1. The molecule has 0 bridgehead atoms. The molecule has 0 fully saturated rings. The molecule has 5 N–H and O–H groups in total. The number of rotatable bonds is 13. The molecule has 2 unspecified atom stereocenters. The molecule has 0 aliphatic rings. The van der Waals surface area contributed by atoms with Gasteiger partial charge in [0.15, 0.2) is 6.10 Å². The third-order valence-electron chi connectivity index (χ3n) is 6.08. The molecule has 40 heavy (non-hydrogen) atoms. The molecule has 3 rings (SSSR count). The van der Waals surface area contributed by atoms with Crippen molar-refractivity contribution in [3.8, 4) is 6.07 Å². The lowest BCUT2D eigenvalue weighted by atomic mass is 10.0. The molecule has 0 heterocycles. The first kappa shape index (κ1) is 30.4. The van der Waals surface area contributed by atoms with E-state index in [0.717, 1.165) is 0 Å². The van der Waals surface area contributed by atoms with Crippen LogP contribution in [0.4, 0.5) is 5.69 Å². The van der Waals surface area contributed by atoms with Crippen LogP contribution in [0.1, 0.15) is 35.2 Å². The van der Waals surface area contributed by atoms with Crippen molar-refractivity contribution in [3.63, 3.8) is 0 Å². The highest BCUT2D eigenvalue weighted by Gasteiger charge is 2.28. The van der Waals surface area contributed by atoms with Gasteiger partial charge in [-0.1, -0.05) is 60.6 Å². The Morgan fingerprint density at radius 3 is 2.33 bits per heavy atom. The molecule has 2 atom stereocenters. The van der Waals surface area contributed by atoms with Gasteiger partial charge in [0.1, 0.15) is 6.07 Å². The lowest BCUT2D eigenvalue weighted by Gasteiger charge is -2.25. The summed E-state index contributed by atoms with van der Waals surface area (Å²) < 4.78 is 0. The van der Waals surface area contributed by atoms with Gasteiger partial charge in [0.05, 0.1) is 23.7 Å². The number of amides is 3. The standard InChI is InChI=1S/C30H33N5O4S/c1-35(30(39)23-14-6-8-17-26(23)40-25-16-7-5-11-21(25)19-32)20-27(36)34-24(15-9-10-18-31)28(37)29(38)33-22-12-3-2-4-13-22/h2-8,11-14,16-17,24,28,37H,9-10,15,18,20,31H2,1H3,(H,33,38)(H,34,36). The Hall–Kier alpha value is -4.17. The van der Waals surface area contributed by atoms with E-state index in [4.69, 9.17) is 5.73 Å². The summed E-state index contributed by atoms with van der Waals surface area (Å²) in [7, 11) is 1.51. The Kier molecular flexibility index (Phi) is 11.7. The van der Waals surface area contributed by atoms with Gasteiger partial charge in [0.2, 0.25) is 5.91 Å². The molecule has 0 aromatic heterocycles. The van der Waals surface area contributed by atoms with E-state index in [-0.39, 0.29) is 12.5 Å². The first-order valence-corrected chi connectivity index (χ1v) is 13.7. The van der Waals surface area contributed by atoms with Crippen LogP contribution in [-0.2, 0) is 9.59 Å². The van der Waals surface area contributed by atoms with Crippen molar-refractivity contribution in [2.75, 3.05) is 25.5 Å². The summed E-state index contributed by atoms with van der Waals surface area (Å²) in [5.41, 5.74) is 7.00. The van der Waals surface area contributed by atoms with E-state index >= 15 is 0 Å². The largest absolute Gasteiger partial charge is 0.381 e. The number of nitrogens with one attached hydrogen (secondary N) is 2. The van der Waals surface area contributed by atoms with E-state index in [9.17, 15) is 24.8 Å². The highest BCUT2D eigenvalue weighted by molar-refractivity contribution is 7.99.